The fourth-order valence-electron chi connectivity index (χ4n) is 5.17. The van der Waals surface area contributed by atoms with Gasteiger partial charge in [0, 0.05) is 25.0 Å². The largest absolute Gasteiger partial charge is 0.490 e. The molecule has 7 atom stereocenters. The van der Waals surface area contributed by atoms with Gasteiger partial charge in [-0.05, 0) is 56.1 Å². The van der Waals surface area contributed by atoms with Gasteiger partial charge in [0.1, 0.15) is 24.3 Å². The molecule has 7 heteroatoms. The van der Waals surface area contributed by atoms with E-state index in [-0.39, 0.29) is 30.5 Å². The molecule has 0 aromatic heterocycles. The third-order valence-corrected chi connectivity index (χ3v) is 7.03. The van der Waals surface area contributed by atoms with E-state index < -0.39 is 24.0 Å². The van der Waals surface area contributed by atoms with Crippen LogP contribution < -0.4 is 4.74 Å². The van der Waals surface area contributed by atoms with Crippen molar-refractivity contribution in [2.75, 3.05) is 13.2 Å². The van der Waals surface area contributed by atoms with Crippen LogP contribution in [0, 0.1) is 29.5 Å². The number of aliphatic carboxylic acids is 1. The van der Waals surface area contributed by atoms with Crippen molar-refractivity contribution in [2.24, 2.45) is 23.7 Å². The van der Waals surface area contributed by atoms with Gasteiger partial charge in [0.25, 0.3) is 0 Å². The summed E-state index contributed by atoms with van der Waals surface area (Å²) in [6, 6.07) is 5.77. The number of carboxylic acids is 1. The molecule has 33 heavy (non-hydrogen) atoms. The van der Waals surface area contributed by atoms with Crippen molar-refractivity contribution in [3.63, 3.8) is 0 Å². The summed E-state index contributed by atoms with van der Waals surface area (Å²) in [7, 11) is 0. The van der Waals surface area contributed by atoms with Crippen LogP contribution >= 0.6 is 0 Å². The molecule has 2 fully saturated rings. The molecule has 6 nitrogen and oxygen atoms in total. The van der Waals surface area contributed by atoms with Crippen LogP contribution in [-0.4, -0.2) is 52.8 Å². The van der Waals surface area contributed by atoms with Crippen LogP contribution in [0.2, 0.25) is 0 Å². The zero-order valence-corrected chi connectivity index (χ0v) is 19.3. The van der Waals surface area contributed by atoms with E-state index in [1.165, 1.54) is 12.1 Å². The quantitative estimate of drug-likeness (QED) is 0.425. The Labute approximate surface area is 195 Å². The van der Waals surface area contributed by atoms with E-state index in [4.69, 9.17) is 9.47 Å². The summed E-state index contributed by atoms with van der Waals surface area (Å²) in [5.41, 5.74) is 0. The van der Waals surface area contributed by atoms with Crippen molar-refractivity contribution in [2.45, 2.75) is 70.2 Å². The lowest BCUT2D eigenvalue weighted by atomic mass is 9.85. The maximum atomic E-state index is 13.2. The number of aliphatic hydroxyl groups is 2. The van der Waals surface area contributed by atoms with Crippen LogP contribution in [0.3, 0.4) is 0 Å². The van der Waals surface area contributed by atoms with Crippen molar-refractivity contribution in [1.82, 2.24) is 0 Å². The van der Waals surface area contributed by atoms with Crippen LogP contribution in [0.5, 0.6) is 5.75 Å². The SMILES string of the molecule is CCCC(CC[C@@H]1CC[C@@H]2[C@@H](C=C[C@@H](O)COc3cccc(F)c3)[C@H](O)C[C@@H]2OC1)C(=O)O. The molecule has 1 aromatic carbocycles. The van der Waals surface area contributed by atoms with Gasteiger partial charge in [-0.2, -0.15) is 0 Å². The molecule has 1 saturated heterocycles. The summed E-state index contributed by atoms with van der Waals surface area (Å²) in [4.78, 5) is 11.4. The molecule has 1 heterocycles. The van der Waals surface area contributed by atoms with Crippen LogP contribution in [0.25, 0.3) is 0 Å². The zero-order valence-electron chi connectivity index (χ0n) is 19.3. The fourth-order valence-corrected chi connectivity index (χ4v) is 5.17. The number of benzene rings is 1. The number of carboxylic acid groups (broad SMARTS) is 1. The summed E-state index contributed by atoms with van der Waals surface area (Å²) < 4.78 is 24.8. The molecule has 3 rings (SSSR count). The molecule has 0 radical (unpaired) electrons. The van der Waals surface area contributed by atoms with Gasteiger partial charge in [0.15, 0.2) is 0 Å². The van der Waals surface area contributed by atoms with Gasteiger partial charge in [-0.3, -0.25) is 4.79 Å². The summed E-state index contributed by atoms with van der Waals surface area (Å²) in [5, 5.41) is 30.2. The fraction of sp³-hybridized carbons (Fsp3) is 0.654. The first-order valence-corrected chi connectivity index (χ1v) is 12.1. The molecule has 0 amide bonds. The predicted octanol–water partition coefficient (Wildman–Crippen LogP) is 4.19. The van der Waals surface area contributed by atoms with E-state index in [2.05, 4.69) is 0 Å². The van der Waals surface area contributed by atoms with Crippen molar-refractivity contribution in [1.29, 1.82) is 0 Å². The van der Waals surface area contributed by atoms with E-state index in [0.29, 0.717) is 37.5 Å². The minimum atomic E-state index is -0.870. The van der Waals surface area contributed by atoms with Gasteiger partial charge in [0.2, 0.25) is 0 Å². The second kappa shape index (κ2) is 12.5. The van der Waals surface area contributed by atoms with Crippen molar-refractivity contribution < 1.29 is 34.0 Å². The van der Waals surface area contributed by atoms with Crippen LogP contribution in [0.1, 0.15) is 51.9 Å². The van der Waals surface area contributed by atoms with E-state index in [9.17, 15) is 24.5 Å². The maximum absolute atomic E-state index is 13.2. The van der Waals surface area contributed by atoms with E-state index >= 15 is 0 Å². The smallest absolute Gasteiger partial charge is 0.306 e. The topological polar surface area (TPSA) is 96.2 Å². The Morgan fingerprint density at radius 1 is 1.33 bits per heavy atom. The number of halogens is 1. The van der Waals surface area contributed by atoms with Gasteiger partial charge in [-0.25, -0.2) is 4.39 Å². The molecule has 2 aliphatic rings. The van der Waals surface area contributed by atoms with Crippen molar-refractivity contribution in [3.05, 3.63) is 42.2 Å². The predicted molar refractivity (Wildman–Crippen MR) is 122 cm³/mol. The third kappa shape index (κ3) is 7.52. The Morgan fingerprint density at radius 3 is 2.88 bits per heavy atom. The standard InChI is InChI=1S/C26H37FO6/c1-2-4-18(26(30)31)9-7-17-8-11-23-22(24(29)14-25(23)33-15-17)12-10-20(28)16-32-21-6-3-5-19(27)13-21/h3,5-6,10,12-13,17-18,20,22-25,28-29H,2,4,7-9,11,14-16H2,1H3,(H,30,31)/t17-,18?,20-,22-,23-,24-,25+/m1/s1. The van der Waals surface area contributed by atoms with Crippen LogP contribution in [0.15, 0.2) is 36.4 Å². The summed E-state index contributed by atoms with van der Waals surface area (Å²) in [6.45, 7) is 2.61. The van der Waals surface area contributed by atoms with Gasteiger partial charge < -0.3 is 24.8 Å². The summed E-state index contributed by atoms with van der Waals surface area (Å²) in [5.74, 6) is -0.638. The average molecular weight is 465 g/mol. The second-order valence-corrected chi connectivity index (χ2v) is 9.48. The molecular weight excluding hydrogens is 427 g/mol. The normalized spacial score (nSPS) is 29.4. The average Bonchev–Trinajstić information content (AvgIpc) is 2.94. The number of hydrogen-bond acceptors (Lipinski definition) is 5. The molecular formula is C26H37FO6. The highest BCUT2D eigenvalue weighted by atomic mass is 19.1. The van der Waals surface area contributed by atoms with E-state index in [1.54, 1.807) is 18.2 Å². The van der Waals surface area contributed by atoms with Gasteiger partial charge in [-0.15, -0.1) is 0 Å². The highest BCUT2D eigenvalue weighted by molar-refractivity contribution is 5.69. The Bertz CT molecular complexity index is 784. The van der Waals surface area contributed by atoms with Gasteiger partial charge in [-0.1, -0.05) is 31.6 Å². The monoisotopic (exact) mass is 464 g/mol. The molecule has 1 unspecified atom stereocenters. The lowest BCUT2D eigenvalue weighted by molar-refractivity contribution is -0.142. The molecule has 1 aliphatic heterocycles. The number of fused-ring (bicyclic) bond motifs is 1. The summed E-state index contributed by atoms with van der Waals surface area (Å²) in [6.07, 6.45) is 7.60. The number of hydrogen-bond donors (Lipinski definition) is 3. The molecule has 3 N–H and O–H groups in total. The minimum absolute atomic E-state index is 0.00204. The highest BCUT2D eigenvalue weighted by Gasteiger charge is 2.43. The molecule has 184 valence electrons. The van der Waals surface area contributed by atoms with E-state index in [0.717, 1.165) is 25.7 Å². The Hall–Kier alpha value is -1.96. The van der Waals surface area contributed by atoms with Crippen molar-refractivity contribution in [3.8, 4) is 5.75 Å². The first kappa shape index (κ1) is 25.7. The number of carbonyl (C=O) groups is 1. The minimum Gasteiger partial charge on any atom is -0.490 e. The summed E-state index contributed by atoms with van der Waals surface area (Å²) >= 11 is 0. The third-order valence-electron chi connectivity index (χ3n) is 7.03. The van der Waals surface area contributed by atoms with Crippen molar-refractivity contribution >= 4 is 5.97 Å². The Kier molecular flexibility index (Phi) is 9.71. The Morgan fingerprint density at radius 2 is 2.15 bits per heavy atom. The Balaban J connectivity index is 1.50. The molecule has 1 aliphatic carbocycles. The van der Waals surface area contributed by atoms with Gasteiger partial charge in [0.05, 0.1) is 18.1 Å². The molecule has 0 spiro atoms. The highest BCUT2D eigenvalue weighted by Crippen LogP contribution is 2.42. The first-order valence-electron chi connectivity index (χ1n) is 12.1. The number of ether oxygens (including phenoxy) is 2. The van der Waals surface area contributed by atoms with Gasteiger partial charge >= 0.3 is 5.97 Å². The van der Waals surface area contributed by atoms with Crippen LogP contribution in [-0.2, 0) is 9.53 Å². The second-order valence-electron chi connectivity index (χ2n) is 9.48. The molecule has 1 aromatic rings. The molecule has 0 bridgehead atoms. The number of aliphatic hydroxyl groups excluding tert-OH is 2. The lowest BCUT2D eigenvalue weighted by Gasteiger charge is -2.21. The van der Waals surface area contributed by atoms with E-state index in [1.807, 2.05) is 13.0 Å². The first-order chi connectivity index (χ1) is 15.9. The maximum Gasteiger partial charge on any atom is 0.306 e. The lowest BCUT2D eigenvalue weighted by Crippen LogP contribution is -2.22. The van der Waals surface area contributed by atoms with Crippen LogP contribution in [0.4, 0.5) is 4.39 Å². The number of rotatable bonds is 11. The molecule has 1 saturated carbocycles. The zero-order chi connectivity index (χ0) is 23.8.